The van der Waals surface area contributed by atoms with Crippen LogP contribution in [0.25, 0.3) is 10.2 Å². The number of piperazine rings is 1. The van der Waals surface area contributed by atoms with Gasteiger partial charge < -0.3 is 9.80 Å². The van der Waals surface area contributed by atoms with E-state index in [0.29, 0.717) is 26.1 Å². The van der Waals surface area contributed by atoms with Gasteiger partial charge in [-0.25, -0.2) is 13.4 Å². The lowest BCUT2D eigenvalue weighted by atomic mass is 10.2. The van der Waals surface area contributed by atoms with E-state index >= 15 is 0 Å². The Kier molecular flexibility index (Phi) is 5.32. The fraction of sp³-hybridized carbons (Fsp3) is 0.579. The lowest BCUT2D eigenvalue weighted by molar-refractivity contribution is -0.134. The van der Waals surface area contributed by atoms with E-state index < -0.39 is 16.1 Å². The van der Waals surface area contributed by atoms with Gasteiger partial charge in [-0.2, -0.15) is 4.31 Å². The van der Waals surface area contributed by atoms with Gasteiger partial charge in [-0.1, -0.05) is 24.3 Å². The molecular weight excluding hydrogens is 396 g/mol. The highest BCUT2D eigenvalue weighted by molar-refractivity contribution is 7.88. The number of carbonyl (C=O) groups is 1. The molecule has 2 aliphatic heterocycles. The van der Waals surface area contributed by atoms with Gasteiger partial charge in [0.1, 0.15) is 6.04 Å². The number of aromatic nitrogens is 1. The van der Waals surface area contributed by atoms with E-state index in [-0.39, 0.29) is 5.91 Å². The predicted octanol–water partition coefficient (Wildman–Crippen LogP) is 1.93. The molecule has 0 spiro atoms. The zero-order valence-corrected chi connectivity index (χ0v) is 17.9. The summed E-state index contributed by atoms with van der Waals surface area (Å²) >= 11 is 1.70. The number of hydrogen-bond donors (Lipinski definition) is 0. The van der Waals surface area contributed by atoms with Gasteiger partial charge in [-0.05, 0) is 37.0 Å². The van der Waals surface area contributed by atoms with Crippen molar-refractivity contribution in [2.75, 3.05) is 43.9 Å². The molecule has 0 bridgehead atoms. The van der Waals surface area contributed by atoms with Crippen molar-refractivity contribution in [3.05, 3.63) is 23.8 Å². The Morgan fingerprint density at radius 3 is 2.64 bits per heavy atom. The second-order valence-electron chi connectivity index (χ2n) is 7.50. The standard InChI is InChI=1S/C19H26N4O3S2/c1-3-14-6-7-15-17(13-14)27-19(20-15)22-11-9-21(10-12-22)18(24)16-5-4-8-23(16)28(2,25)26/h6-7,13,16H,3-5,8-12H2,1-2H3/t16-/m1/s1. The number of aryl methyl sites for hydroxylation is 1. The molecule has 2 saturated heterocycles. The molecule has 1 amide bonds. The molecule has 0 N–H and O–H groups in total. The smallest absolute Gasteiger partial charge is 0.241 e. The normalized spacial score (nSPS) is 21.6. The van der Waals surface area contributed by atoms with Crippen molar-refractivity contribution in [2.24, 2.45) is 0 Å². The first kappa shape index (κ1) is 19.6. The Balaban J connectivity index is 1.42. The number of nitrogens with zero attached hydrogens (tertiary/aromatic N) is 4. The minimum absolute atomic E-state index is 0.0561. The number of anilines is 1. The number of amides is 1. The zero-order chi connectivity index (χ0) is 19.9. The van der Waals surface area contributed by atoms with Gasteiger partial charge in [-0.15, -0.1) is 0 Å². The molecule has 2 aliphatic rings. The molecule has 0 saturated carbocycles. The third-order valence-corrected chi connectivity index (χ3v) is 7.99. The Morgan fingerprint density at radius 1 is 1.21 bits per heavy atom. The molecule has 3 heterocycles. The van der Waals surface area contributed by atoms with Crippen LogP contribution in [0.3, 0.4) is 0 Å². The van der Waals surface area contributed by atoms with E-state index in [1.54, 1.807) is 11.3 Å². The maximum absolute atomic E-state index is 12.9. The second kappa shape index (κ2) is 7.61. The van der Waals surface area contributed by atoms with Crippen LogP contribution in [0.1, 0.15) is 25.3 Å². The average molecular weight is 423 g/mol. The Hall–Kier alpha value is -1.71. The lowest BCUT2D eigenvalue weighted by Gasteiger charge is -2.36. The number of fused-ring (bicyclic) bond motifs is 1. The predicted molar refractivity (Wildman–Crippen MR) is 112 cm³/mol. The van der Waals surface area contributed by atoms with Gasteiger partial charge in [0.2, 0.25) is 15.9 Å². The van der Waals surface area contributed by atoms with Crippen molar-refractivity contribution >= 4 is 42.6 Å². The van der Waals surface area contributed by atoms with Gasteiger partial charge in [0.25, 0.3) is 0 Å². The second-order valence-corrected chi connectivity index (χ2v) is 10.4. The first-order chi connectivity index (χ1) is 13.4. The number of rotatable bonds is 4. The first-order valence-electron chi connectivity index (χ1n) is 9.77. The number of sulfonamides is 1. The van der Waals surface area contributed by atoms with Crippen molar-refractivity contribution < 1.29 is 13.2 Å². The Bertz CT molecular complexity index is 980. The Labute approximate surface area is 170 Å². The SMILES string of the molecule is CCc1ccc2nc(N3CCN(C(=O)[C@H]4CCCN4S(C)(=O)=O)CC3)sc2c1. The largest absolute Gasteiger partial charge is 0.345 e. The van der Waals surface area contributed by atoms with Crippen LogP contribution in [0, 0.1) is 0 Å². The summed E-state index contributed by atoms with van der Waals surface area (Å²) in [7, 11) is -3.34. The number of benzene rings is 1. The van der Waals surface area contributed by atoms with Crippen LogP contribution in [0.5, 0.6) is 0 Å². The van der Waals surface area contributed by atoms with Gasteiger partial charge in [0.05, 0.1) is 16.5 Å². The van der Waals surface area contributed by atoms with E-state index in [9.17, 15) is 13.2 Å². The van der Waals surface area contributed by atoms with Crippen molar-refractivity contribution in [3.8, 4) is 0 Å². The summed E-state index contributed by atoms with van der Waals surface area (Å²) < 4.78 is 26.4. The van der Waals surface area contributed by atoms with E-state index in [1.807, 2.05) is 4.90 Å². The van der Waals surface area contributed by atoms with Crippen LogP contribution in [0.4, 0.5) is 5.13 Å². The number of thiazole rings is 1. The Morgan fingerprint density at radius 2 is 1.96 bits per heavy atom. The van der Waals surface area contributed by atoms with Gasteiger partial charge in [0.15, 0.2) is 5.13 Å². The van der Waals surface area contributed by atoms with Crippen molar-refractivity contribution in [3.63, 3.8) is 0 Å². The molecule has 1 aromatic carbocycles. The molecule has 1 aromatic heterocycles. The fourth-order valence-electron chi connectivity index (χ4n) is 4.02. The minimum Gasteiger partial charge on any atom is -0.345 e. The molecule has 7 nitrogen and oxygen atoms in total. The summed E-state index contributed by atoms with van der Waals surface area (Å²) in [5.41, 5.74) is 2.33. The van der Waals surface area contributed by atoms with Crippen LogP contribution in [0.2, 0.25) is 0 Å². The summed E-state index contributed by atoms with van der Waals surface area (Å²) in [4.78, 5) is 21.7. The van der Waals surface area contributed by atoms with Gasteiger partial charge >= 0.3 is 0 Å². The summed E-state index contributed by atoms with van der Waals surface area (Å²) in [6.45, 7) is 5.23. The highest BCUT2D eigenvalue weighted by Gasteiger charge is 2.39. The molecule has 2 fully saturated rings. The zero-order valence-electron chi connectivity index (χ0n) is 16.3. The molecule has 0 unspecified atom stereocenters. The summed E-state index contributed by atoms with van der Waals surface area (Å²) in [5.74, 6) is -0.0561. The molecule has 152 valence electrons. The summed E-state index contributed by atoms with van der Waals surface area (Å²) in [6.07, 6.45) is 3.56. The van der Waals surface area contributed by atoms with E-state index in [2.05, 4.69) is 30.0 Å². The molecule has 1 atom stereocenters. The molecule has 4 rings (SSSR count). The van der Waals surface area contributed by atoms with Crippen LogP contribution in [-0.4, -0.2) is 73.5 Å². The lowest BCUT2D eigenvalue weighted by Crippen LogP contribution is -2.54. The highest BCUT2D eigenvalue weighted by Crippen LogP contribution is 2.30. The topological polar surface area (TPSA) is 73.8 Å². The fourth-order valence-corrected chi connectivity index (χ4v) is 6.22. The third kappa shape index (κ3) is 3.75. The highest BCUT2D eigenvalue weighted by atomic mass is 32.2. The quantitative estimate of drug-likeness (QED) is 0.753. The van der Waals surface area contributed by atoms with E-state index in [4.69, 9.17) is 4.98 Å². The number of hydrogen-bond acceptors (Lipinski definition) is 6. The molecule has 0 aliphatic carbocycles. The third-order valence-electron chi connectivity index (χ3n) is 5.63. The molecule has 2 aromatic rings. The number of carbonyl (C=O) groups excluding carboxylic acids is 1. The summed E-state index contributed by atoms with van der Waals surface area (Å²) in [6, 6.07) is 5.87. The van der Waals surface area contributed by atoms with Crippen LogP contribution in [0.15, 0.2) is 18.2 Å². The molecule has 9 heteroatoms. The minimum atomic E-state index is -3.34. The van der Waals surface area contributed by atoms with Crippen LogP contribution < -0.4 is 4.90 Å². The van der Waals surface area contributed by atoms with Crippen molar-refractivity contribution in [1.29, 1.82) is 0 Å². The van der Waals surface area contributed by atoms with Crippen molar-refractivity contribution in [2.45, 2.75) is 32.2 Å². The molecule has 0 radical (unpaired) electrons. The van der Waals surface area contributed by atoms with Crippen LogP contribution in [-0.2, 0) is 21.2 Å². The average Bonchev–Trinajstić information content (AvgIpc) is 3.33. The van der Waals surface area contributed by atoms with E-state index in [1.165, 1.54) is 20.8 Å². The van der Waals surface area contributed by atoms with Crippen LogP contribution >= 0.6 is 11.3 Å². The van der Waals surface area contributed by atoms with Gasteiger partial charge in [-0.3, -0.25) is 4.79 Å². The van der Waals surface area contributed by atoms with Crippen molar-refractivity contribution in [1.82, 2.24) is 14.2 Å². The first-order valence-corrected chi connectivity index (χ1v) is 12.4. The van der Waals surface area contributed by atoms with E-state index in [0.717, 1.165) is 36.6 Å². The summed E-state index contributed by atoms with van der Waals surface area (Å²) in [5, 5.41) is 0.994. The maximum atomic E-state index is 12.9. The maximum Gasteiger partial charge on any atom is 0.241 e. The monoisotopic (exact) mass is 422 g/mol. The molecule has 28 heavy (non-hydrogen) atoms. The molecular formula is C19H26N4O3S2. The van der Waals surface area contributed by atoms with Gasteiger partial charge in [0, 0.05) is 32.7 Å².